The molecular formula is C15H23NO3. The van der Waals surface area contributed by atoms with E-state index < -0.39 is 0 Å². The Morgan fingerprint density at radius 2 is 1.89 bits per heavy atom. The van der Waals surface area contributed by atoms with Crippen LogP contribution >= 0.6 is 0 Å². The van der Waals surface area contributed by atoms with Crippen LogP contribution < -0.4 is 4.74 Å². The number of methoxy groups -OCH3 is 2. The molecule has 0 bridgehead atoms. The van der Waals surface area contributed by atoms with Crippen molar-refractivity contribution in [3.63, 3.8) is 0 Å². The van der Waals surface area contributed by atoms with Crippen LogP contribution in [-0.4, -0.2) is 38.2 Å². The summed E-state index contributed by atoms with van der Waals surface area (Å²) in [5.41, 5.74) is 1.11. The maximum Gasteiger partial charge on any atom is 0.309 e. The Balaban J connectivity index is 2.73. The van der Waals surface area contributed by atoms with E-state index in [9.17, 15) is 4.79 Å². The second kappa shape index (κ2) is 7.14. The summed E-state index contributed by atoms with van der Waals surface area (Å²) in [5.74, 6) is 0.524. The standard InChI is InChI=1S/C15H23NO3/c1-11(15(17)19-5)12(2)16(3)10-13-8-6-7-9-14(13)18-4/h6-9,11-12H,10H2,1-5H3. The maximum absolute atomic E-state index is 11.6. The van der Waals surface area contributed by atoms with Gasteiger partial charge in [-0.05, 0) is 20.0 Å². The third-order valence-corrected chi connectivity index (χ3v) is 3.60. The fourth-order valence-electron chi connectivity index (χ4n) is 2.01. The lowest BCUT2D eigenvalue weighted by atomic mass is 10.0. The van der Waals surface area contributed by atoms with Crippen LogP contribution in [0.2, 0.25) is 0 Å². The van der Waals surface area contributed by atoms with Crippen LogP contribution in [0.5, 0.6) is 5.75 Å². The van der Waals surface area contributed by atoms with Crippen LogP contribution in [0.15, 0.2) is 24.3 Å². The lowest BCUT2D eigenvalue weighted by molar-refractivity contribution is -0.146. The number of carbonyl (C=O) groups excluding carboxylic acids is 1. The Labute approximate surface area is 115 Å². The Morgan fingerprint density at radius 3 is 2.47 bits per heavy atom. The second-order valence-electron chi connectivity index (χ2n) is 4.78. The molecule has 0 aliphatic rings. The van der Waals surface area contributed by atoms with E-state index in [4.69, 9.17) is 9.47 Å². The summed E-state index contributed by atoms with van der Waals surface area (Å²) in [6.45, 7) is 4.64. The van der Waals surface area contributed by atoms with Gasteiger partial charge in [0.1, 0.15) is 5.75 Å². The van der Waals surface area contributed by atoms with Crippen LogP contribution in [0.3, 0.4) is 0 Å². The SMILES string of the molecule is COC(=O)C(C)C(C)N(C)Cc1ccccc1OC. The molecule has 0 aliphatic carbocycles. The minimum absolute atomic E-state index is 0.0948. The Kier molecular flexibility index (Phi) is 5.83. The van der Waals surface area contributed by atoms with Gasteiger partial charge in [-0.1, -0.05) is 25.1 Å². The number of hydrogen-bond acceptors (Lipinski definition) is 4. The highest BCUT2D eigenvalue weighted by Gasteiger charge is 2.24. The van der Waals surface area contributed by atoms with Crippen LogP contribution in [0.4, 0.5) is 0 Å². The zero-order chi connectivity index (χ0) is 14.4. The molecule has 0 heterocycles. The molecule has 4 nitrogen and oxygen atoms in total. The third kappa shape index (κ3) is 3.96. The van der Waals surface area contributed by atoms with Gasteiger partial charge in [0, 0.05) is 18.2 Å². The number of rotatable bonds is 6. The first-order valence-electron chi connectivity index (χ1n) is 6.41. The Morgan fingerprint density at radius 1 is 1.26 bits per heavy atom. The highest BCUT2D eigenvalue weighted by atomic mass is 16.5. The average molecular weight is 265 g/mol. The molecule has 0 fully saturated rings. The van der Waals surface area contributed by atoms with Crippen molar-refractivity contribution in [2.75, 3.05) is 21.3 Å². The summed E-state index contributed by atoms with van der Waals surface area (Å²) in [5, 5.41) is 0. The molecule has 106 valence electrons. The van der Waals surface area contributed by atoms with Crippen LogP contribution in [0, 0.1) is 5.92 Å². The van der Waals surface area contributed by atoms with E-state index in [-0.39, 0.29) is 17.9 Å². The molecule has 2 unspecified atom stereocenters. The van der Waals surface area contributed by atoms with Gasteiger partial charge >= 0.3 is 5.97 Å². The van der Waals surface area contributed by atoms with Crippen LogP contribution in [-0.2, 0) is 16.1 Å². The van der Waals surface area contributed by atoms with Crippen molar-refractivity contribution in [3.8, 4) is 5.75 Å². The molecule has 0 amide bonds. The molecule has 2 atom stereocenters. The lowest BCUT2D eigenvalue weighted by Crippen LogP contribution is -2.38. The van der Waals surface area contributed by atoms with Gasteiger partial charge in [-0.25, -0.2) is 0 Å². The summed E-state index contributed by atoms with van der Waals surface area (Å²) in [6, 6.07) is 8.00. The van der Waals surface area contributed by atoms with Gasteiger partial charge in [0.15, 0.2) is 0 Å². The molecule has 4 heteroatoms. The molecule has 1 rings (SSSR count). The topological polar surface area (TPSA) is 38.8 Å². The van der Waals surface area contributed by atoms with Gasteiger partial charge in [0.25, 0.3) is 0 Å². The van der Waals surface area contributed by atoms with Gasteiger partial charge in [0.2, 0.25) is 0 Å². The zero-order valence-electron chi connectivity index (χ0n) is 12.3. The van der Waals surface area contributed by atoms with Gasteiger partial charge in [-0.15, -0.1) is 0 Å². The molecule has 1 aromatic carbocycles. The van der Waals surface area contributed by atoms with Gasteiger partial charge in [-0.3, -0.25) is 9.69 Å². The molecule has 0 aromatic heterocycles. The predicted octanol–water partition coefficient (Wildman–Crippen LogP) is 2.32. The van der Waals surface area contributed by atoms with Crippen molar-refractivity contribution in [3.05, 3.63) is 29.8 Å². The van der Waals surface area contributed by atoms with Gasteiger partial charge in [-0.2, -0.15) is 0 Å². The second-order valence-corrected chi connectivity index (χ2v) is 4.78. The number of nitrogens with zero attached hydrogens (tertiary/aromatic N) is 1. The van der Waals surface area contributed by atoms with E-state index >= 15 is 0 Å². The number of carbonyl (C=O) groups is 1. The number of para-hydroxylation sites is 1. The minimum Gasteiger partial charge on any atom is -0.496 e. The number of benzene rings is 1. The Bertz CT molecular complexity index is 420. The molecule has 0 spiro atoms. The quantitative estimate of drug-likeness (QED) is 0.740. The molecular weight excluding hydrogens is 242 g/mol. The molecule has 0 saturated heterocycles. The summed E-state index contributed by atoms with van der Waals surface area (Å²) in [4.78, 5) is 13.7. The average Bonchev–Trinajstić information content (AvgIpc) is 2.45. The third-order valence-electron chi connectivity index (χ3n) is 3.60. The summed E-state index contributed by atoms with van der Waals surface area (Å²) >= 11 is 0. The lowest BCUT2D eigenvalue weighted by Gasteiger charge is -2.28. The van der Waals surface area contributed by atoms with Crippen molar-refractivity contribution in [2.45, 2.75) is 26.4 Å². The van der Waals surface area contributed by atoms with E-state index in [1.54, 1.807) is 7.11 Å². The number of hydrogen-bond donors (Lipinski definition) is 0. The molecule has 1 aromatic rings. The van der Waals surface area contributed by atoms with E-state index in [2.05, 4.69) is 4.90 Å². The summed E-state index contributed by atoms with van der Waals surface area (Å²) < 4.78 is 10.1. The largest absolute Gasteiger partial charge is 0.496 e. The highest BCUT2D eigenvalue weighted by molar-refractivity contribution is 5.72. The first-order chi connectivity index (χ1) is 9.01. The van der Waals surface area contributed by atoms with E-state index in [1.807, 2.05) is 45.2 Å². The summed E-state index contributed by atoms with van der Waals surface area (Å²) in [6.07, 6.45) is 0. The van der Waals surface area contributed by atoms with E-state index in [0.717, 1.165) is 17.9 Å². The van der Waals surface area contributed by atoms with Crippen LogP contribution in [0.25, 0.3) is 0 Å². The van der Waals surface area contributed by atoms with Crippen molar-refractivity contribution in [1.82, 2.24) is 4.90 Å². The summed E-state index contributed by atoms with van der Waals surface area (Å²) in [7, 11) is 5.08. The maximum atomic E-state index is 11.6. The van der Waals surface area contributed by atoms with Crippen molar-refractivity contribution in [2.24, 2.45) is 5.92 Å². The number of esters is 1. The first kappa shape index (κ1) is 15.5. The fourth-order valence-corrected chi connectivity index (χ4v) is 2.01. The molecule has 0 radical (unpaired) electrons. The van der Waals surface area contributed by atoms with Crippen molar-refractivity contribution in [1.29, 1.82) is 0 Å². The van der Waals surface area contributed by atoms with E-state index in [0.29, 0.717) is 0 Å². The van der Waals surface area contributed by atoms with Gasteiger partial charge in [0.05, 0.1) is 20.1 Å². The van der Waals surface area contributed by atoms with Gasteiger partial charge < -0.3 is 9.47 Å². The number of ether oxygens (including phenoxy) is 2. The fraction of sp³-hybridized carbons (Fsp3) is 0.533. The highest BCUT2D eigenvalue weighted by Crippen LogP contribution is 2.21. The molecule has 0 saturated carbocycles. The molecule has 19 heavy (non-hydrogen) atoms. The Hall–Kier alpha value is -1.55. The van der Waals surface area contributed by atoms with Crippen LogP contribution in [0.1, 0.15) is 19.4 Å². The van der Waals surface area contributed by atoms with Crippen molar-refractivity contribution < 1.29 is 14.3 Å². The zero-order valence-corrected chi connectivity index (χ0v) is 12.3. The predicted molar refractivity (Wildman–Crippen MR) is 75.1 cm³/mol. The minimum atomic E-state index is -0.181. The van der Waals surface area contributed by atoms with Crippen molar-refractivity contribution >= 4 is 5.97 Å². The molecule has 0 N–H and O–H groups in total. The smallest absolute Gasteiger partial charge is 0.309 e. The first-order valence-corrected chi connectivity index (χ1v) is 6.41. The van der Waals surface area contributed by atoms with E-state index in [1.165, 1.54) is 7.11 Å². The molecule has 0 aliphatic heterocycles. The monoisotopic (exact) mass is 265 g/mol. The normalized spacial score (nSPS) is 14.0.